The molecule has 1 aromatic rings. The van der Waals surface area contributed by atoms with Crippen molar-refractivity contribution < 1.29 is 23.8 Å². The number of ether oxygens (including phenoxy) is 2. The summed E-state index contributed by atoms with van der Waals surface area (Å²) in [6.07, 6.45) is -1.01. The Morgan fingerprint density at radius 2 is 2.00 bits per heavy atom. The van der Waals surface area contributed by atoms with Crippen LogP contribution in [0.15, 0.2) is 24.3 Å². The van der Waals surface area contributed by atoms with Gasteiger partial charge >= 0.3 is 6.09 Å². The second-order valence-electron chi connectivity index (χ2n) is 5.38. The third-order valence-electron chi connectivity index (χ3n) is 3.64. The lowest BCUT2D eigenvalue weighted by molar-refractivity contribution is 0.0401. The van der Waals surface area contributed by atoms with E-state index < -0.39 is 11.9 Å². The lowest BCUT2D eigenvalue weighted by atomic mass is 10.2. The van der Waals surface area contributed by atoms with Crippen molar-refractivity contribution in [3.63, 3.8) is 0 Å². The molecule has 23 heavy (non-hydrogen) atoms. The smallest absolute Gasteiger partial charge is 0.409 e. The molecule has 128 valence electrons. The quantitative estimate of drug-likeness (QED) is 0.855. The van der Waals surface area contributed by atoms with Crippen LogP contribution in [0.5, 0.6) is 5.75 Å². The molecule has 1 aromatic carbocycles. The number of aliphatic hydroxyl groups is 1. The summed E-state index contributed by atoms with van der Waals surface area (Å²) in [4.78, 5) is 15.3. The predicted molar refractivity (Wildman–Crippen MR) is 82.9 cm³/mol. The van der Waals surface area contributed by atoms with Gasteiger partial charge in [0, 0.05) is 32.7 Å². The number of β-amino-alcohol motifs (C(OH)–C–C–N with tert-alkyl or cyclic N) is 1. The first kappa shape index (κ1) is 17.5. The maximum atomic E-state index is 13.4. The van der Waals surface area contributed by atoms with E-state index in [-0.39, 0.29) is 18.4 Å². The van der Waals surface area contributed by atoms with Crippen LogP contribution in [0.2, 0.25) is 0 Å². The molecule has 2 rings (SSSR count). The number of nitrogens with zero attached hydrogens (tertiary/aromatic N) is 2. The fraction of sp³-hybridized carbons (Fsp3) is 0.562. The van der Waals surface area contributed by atoms with Gasteiger partial charge in [0.1, 0.15) is 12.7 Å². The maximum absolute atomic E-state index is 13.4. The van der Waals surface area contributed by atoms with Crippen molar-refractivity contribution in [2.45, 2.75) is 13.0 Å². The predicted octanol–water partition coefficient (Wildman–Crippen LogP) is 1.34. The number of aliphatic hydroxyl groups excluding tert-OH is 1. The summed E-state index contributed by atoms with van der Waals surface area (Å²) >= 11 is 0. The first-order valence-electron chi connectivity index (χ1n) is 7.79. The van der Waals surface area contributed by atoms with Crippen molar-refractivity contribution in [1.82, 2.24) is 9.80 Å². The number of hydrogen-bond acceptors (Lipinski definition) is 5. The van der Waals surface area contributed by atoms with Crippen LogP contribution in [0.25, 0.3) is 0 Å². The van der Waals surface area contributed by atoms with E-state index in [4.69, 9.17) is 9.47 Å². The van der Waals surface area contributed by atoms with Crippen LogP contribution in [0, 0.1) is 5.82 Å². The zero-order valence-electron chi connectivity index (χ0n) is 13.3. The van der Waals surface area contributed by atoms with Gasteiger partial charge in [0.05, 0.1) is 6.61 Å². The van der Waals surface area contributed by atoms with Gasteiger partial charge in [-0.05, 0) is 19.1 Å². The summed E-state index contributed by atoms with van der Waals surface area (Å²) in [6.45, 7) is 5.06. The summed E-state index contributed by atoms with van der Waals surface area (Å²) in [5, 5.41) is 10.0. The zero-order chi connectivity index (χ0) is 16.7. The molecule has 1 saturated heterocycles. The molecule has 1 unspecified atom stereocenters. The minimum absolute atomic E-state index is 0.0268. The second kappa shape index (κ2) is 8.69. The van der Waals surface area contributed by atoms with Crippen LogP contribution in [-0.2, 0) is 4.74 Å². The van der Waals surface area contributed by atoms with Crippen molar-refractivity contribution >= 4 is 6.09 Å². The molecule has 1 heterocycles. The van der Waals surface area contributed by atoms with Gasteiger partial charge in [-0.2, -0.15) is 0 Å². The van der Waals surface area contributed by atoms with E-state index in [0.29, 0.717) is 39.3 Å². The largest absolute Gasteiger partial charge is 0.488 e. The van der Waals surface area contributed by atoms with Crippen molar-refractivity contribution in [2.75, 3.05) is 45.9 Å². The van der Waals surface area contributed by atoms with Gasteiger partial charge < -0.3 is 19.5 Å². The van der Waals surface area contributed by atoms with Gasteiger partial charge in [-0.1, -0.05) is 12.1 Å². The van der Waals surface area contributed by atoms with Crippen LogP contribution >= 0.6 is 0 Å². The van der Waals surface area contributed by atoms with Crippen molar-refractivity contribution in [2.24, 2.45) is 0 Å². The Balaban J connectivity index is 1.69. The van der Waals surface area contributed by atoms with Gasteiger partial charge in [0.25, 0.3) is 0 Å². The minimum atomic E-state index is -0.719. The topological polar surface area (TPSA) is 62.2 Å². The van der Waals surface area contributed by atoms with E-state index in [1.54, 1.807) is 24.0 Å². The van der Waals surface area contributed by atoms with Crippen molar-refractivity contribution in [3.05, 3.63) is 30.1 Å². The highest BCUT2D eigenvalue weighted by Gasteiger charge is 2.23. The summed E-state index contributed by atoms with van der Waals surface area (Å²) in [7, 11) is 0. The molecule has 1 aliphatic rings. The third kappa shape index (κ3) is 5.37. The van der Waals surface area contributed by atoms with E-state index in [1.807, 2.05) is 4.90 Å². The molecule has 7 heteroatoms. The van der Waals surface area contributed by atoms with Gasteiger partial charge in [0.2, 0.25) is 0 Å². The van der Waals surface area contributed by atoms with Gasteiger partial charge in [-0.15, -0.1) is 0 Å². The molecule has 1 N–H and O–H groups in total. The number of halogens is 1. The highest BCUT2D eigenvalue weighted by molar-refractivity contribution is 5.67. The van der Waals surface area contributed by atoms with Crippen LogP contribution in [0.4, 0.5) is 9.18 Å². The number of benzene rings is 1. The lowest BCUT2D eigenvalue weighted by Crippen LogP contribution is -2.51. The van der Waals surface area contributed by atoms with Crippen molar-refractivity contribution in [1.29, 1.82) is 0 Å². The number of para-hydroxylation sites is 1. The lowest BCUT2D eigenvalue weighted by Gasteiger charge is -2.34. The molecule has 0 bridgehead atoms. The molecule has 1 fully saturated rings. The van der Waals surface area contributed by atoms with E-state index in [1.165, 1.54) is 12.1 Å². The Labute approximate surface area is 135 Å². The number of rotatable bonds is 6. The van der Waals surface area contributed by atoms with Crippen molar-refractivity contribution in [3.8, 4) is 5.75 Å². The summed E-state index contributed by atoms with van der Waals surface area (Å²) in [5.41, 5.74) is 0. The Kier molecular flexibility index (Phi) is 6.61. The second-order valence-corrected chi connectivity index (χ2v) is 5.38. The summed E-state index contributed by atoms with van der Waals surface area (Å²) in [6, 6.07) is 6.11. The highest BCUT2D eigenvalue weighted by Crippen LogP contribution is 2.15. The molecule has 0 spiro atoms. The number of carbonyl (C=O) groups excluding carboxylic acids is 1. The van der Waals surface area contributed by atoms with Crippen LogP contribution in [-0.4, -0.2) is 73.0 Å². The molecule has 6 nitrogen and oxygen atoms in total. The minimum Gasteiger partial charge on any atom is -0.488 e. The zero-order valence-corrected chi connectivity index (χ0v) is 13.3. The summed E-state index contributed by atoms with van der Waals surface area (Å²) < 4.78 is 23.7. The molecular weight excluding hydrogens is 303 g/mol. The monoisotopic (exact) mass is 326 g/mol. The summed E-state index contributed by atoms with van der Waals surface area (Å²) in [5.74, 6) is -0.304. The number of amides is 1. The molecule has 1 aliphatic heterocycles. The molecule has 0 aliphatic carbocycles. The van der Waals surface area contributed by atoms with Gasteiger partial charge in [-0.3, -0.25) is 4.90 Å². The molecule has 0 aromatic heterocycles. The number of hydrogen-bond donors (Lipinski definition) is 1. The van der Waals surface area contributed by atoms with E-state index in [2.05, 4.69) is 0 Å². The van der Waals surface area contributed by atoms with Crippen LogP contribution < -0.4 is 4.74 Å². The van der Waals surface area contributed by atoms with E-state index in [9.17, 15) is 14.3 Å². The average molecular weight is 326 g/mol. The van der Waals surface area contributed by atoms with Crippen LogP contribution in [0.1, 0.15) is 6.92 Å². The number of piperazine rings is 1. The Morgan fingerprint density at radius 1 is 1.30 bits per heavy atom. The van der Waals surface area contributed by atoms with Gasteiger partial charge in [0.15, 0.2) is 11.6 Å². The molecule has 1 amide bonds. The van der Waals surface area contributed by atoms with Gasteiger partial charge in [-0.25, -0.2) is 9.18 Å². The first-order chi connectivity index (χ1) is 11.1. The fourth-order valence-electron chi connectivity index (χ4n) is 2.43. The van der Waals surface area contributed by atoms with E-state index in [0.717, 1.165) is 0 Å². The highest BCUT2D eigenvalue weighted by atomic mass is 19.1. The molecule has 1 atom stereocenters. The number of carbonyl (C=O) groups is 1. The molecule has 0 radical (unpaired) electrons. The standard InChI is InChI=1S/C16H23FN2O4/c1-2-22-16(21)19-9-7-18(8-10-19)11-13(20)12-23-15-6-4-3-5-14(15)17/h3-6,13,20H,2,7-12H2,1H3. The normalized spacial score (nSPS) is 16.9. The third-order valence-corrected chi connectivity index (χ3v) is 3.64. The fourth-order valence-corrected chi connectivity index (χ4v) is 2.43. The van der Waals surface area contributed by atoms with E-state index >= 15 is 0 Å². The Hall–Kier alpha value is -1.86. The maximum Gasteiger partial charge on any atom is 0.409 e. The Bertz CT molecular complexity index is 507. The Morgan fingerprint density at radius 3 is 2.65 bits per heavy atom. The molecule has 0 saturated carbocycles. The first-order valence-corrected chi connectivity index (χ1v) is 7.79. The average Bonchev–Trinajstić information content (AvgIpc) is 2.55. The molecular formula is C16H23FN2O4. The van der Waals surface area contributed by atoms with Crippen LogP contribution in [0.3, 0.4) is 0 Å². The SMILES string of the molecule is CCOC(=O)N1CCN(CC(O)COc2ccccc2F)CC1.